The Balaban J connectivity index is 0.00000180. The van der Waals surface area contributed by atoms with E-state index in [1.807, 2.05) is 45.0 Å². The lowest BCUT2D eigenvalue weighted by Crippen LogP contribution is -2.46. The number of hydrogen-bond donors (Lipinski definition) is 1. The highest BCUT2D eigenvalue weighted by atomic mass is 19.1. The minimum Gasteiger partial charge on any atom is -0.478 e. The molecule has 0 aliphatic carbocycles. The van der Waals surface area contributed by atoms with Crippen LogP contribution in [0.5, 0.6) is 11.5 Å². The van der Waals surface area contributed by atoms with Crippen LogP contribution in [0.1, 0.15) is 48.1 Å². The van der Waals surface area contributed by atoms with Gasteiger partial charge in [-0.15, -0.1) is 0 Å². The SMILES string of the molecule is CC.COCCn1c(CN2CCN(c3cccc4c3OC(C)(c3ccc(C)cc3F)O4)CC2)nc2ccc(C(=O)O)cc21. The van der Waals surface area contributed by atoms with Crippen molar-refractivity contribution in [3.05, 3.63) is 82.9 Å². The summed E-state index contributed by atoms with van der Waals surface area (Å²) in [6, 6.07) is 15.9. The van der Waals surface area contributed by atoms with Gasteiger partial charge in [0, 0.05) is 46.8 Å². The summed E-state index contributed by atoms with van der Waals surface area (Å²) in [5, 5.41) is 9.46. The van der Waals surface area contributed by atoms with Gasteiger partial charge in [-0.25, -0.2) is 14.2 Å². The predicted molar refractivity (Wildman–Crippen MR) is 164 cm³/mol. The van der Waals surface area contributed by atoms with E-state index in [9.17, 15) is 14.3 Å². The molecule has 6 rings (SSSR count). The topological polar surface area (TPSA) is 89.3 Å². The minimum absolute atomic E-state index is 0.235. The standard InChI is InChI=1S/C31H33FN4O5.C2H6/c1-20-7-9-22(23(32)17-20)31(2)40-27-6-4-5-25(29(27)41-31)35-13-11-34(12-14-35)19-28-33-24-10-8-21(30(37)38)18-26(24)36(28)15-16-39-3;1-2/h4-10,17-18H,11-16,19H2,1-3H3,(H,37,38);1-2H3. The number of hydrogen-bond acceptors (Lipinski definition) is 7. The Morgan fingerprint density at radius 1 is 1.07 bits per heavy atom. The molecule has 1 saturated heterocycles. The zero-order valence-corrected chi connectivity index (χ0v) is 25.4. The molecule has 3 heterocycles. The molecule has 4 aromatic rings. The summed E-state index contributed by atoms with van der Waals surface area (Å²) in [6.07, 6.45) is 0. The third-order valence-electron chi connectivity index (χ3n) is 7.84. The van der Waals surface area contributed by atoms with Gasteiger partial charge in [0.1, 0.15) is 11.6 Å². The van der Waals surface area contributed by atoms with Crippen LogP contribution in [-0.4, -0.2) is 65.4 Å². The van der Waals surface area contributed by atoms with E-state index in [4.69, 9.17) is 19.2 Å². The Hall–Kier alpha value is -4.15. The molecule has 10 heteroatoms. The van der Waals surface area contributed by atoms with E-state index >= 15 is 0 Å². The molecule has 1 aromatic heterocycles. The summed E-state index contributed by atoms with van der Waals surface area (Å²) in [6.45, 7) is 12.4. The molecule has 0 bridgehead atoms. The average molecular weight is 591 g/mol. The van der Waals surface area contributed by atoms with Crippen molar-refractivity contribution >= 4 is 22.7 Å². The van der Waals surface area contributed by atoms with Crippen LogP contribution in [0.2, 0.25) is 0 Å². The van der Waals surface area contributed by atoms with Gasteiger partial charge in [-0.3, -0.25) is 4.90 Å². The number of aromatic carboxylic acids is 1. The van der Waals surface area contributed by atoms with Crippen LogP contribution in [0.25, 0.3) is 11.0 Å². The van der Waals surface area contributed by atoms with Crippen LogP contribution in [0.3, 0.4) is 0 Å². The molecule has 0 spiro atoms. The number of rotatable bonds is 8. The number of imidazole rings is 1. The number of anilines is 1. The van der Waals surface area contributed by atoms with Gasteiger partial charge in [-0.05, 0) is 55.0 Å². The van der Waals surface area contributed by atoms with E-state index in [1.54, 1.807) is 38.3 Å². The second-order valence-electron chi connectivity index (χ2n) is 10.7. The molecule has 1 unspecified atom stereocenters. The number of aromatic nitrogens is 2. The molecule has 1 atom stereocenters. The van der Waals surface area contributed by atoms with Crippen LogP contribution in [0, 0.1) is 12.7 Å². The summed E-state index contributed by atoms with van der Waals surface area (Å²) in [5.74, 6) is -0.471. The summed E-state index contributed by atoms with van der Waals surface area (Å²) >= 11 is 0. The summed E-state index contributed by atoms with van der Waals surface area (Å²) in [4.78, 5) is 21.0. The van der Waals surface area contributed by atoms with E-state index in [0.717, 1.165) is 54.3 Å². The number of aryl methyl sites for hydroxylation is 1. The number of fused-ring (bicyclic) bond motifs is 2. The Morgan fingerprint density at radius 3 is 2.53 bits per heavy atom. The minimum atomic E-state index is -1.25. The fourth-order valence-electron chi connectivity index (χ4n) is 5.67. The maximum absolute atomic E-state index is 14.9. The molecule has 3 aromatic carbocycles. The van der Waals surface area contributed by atoms with Gasteiger partial charge in [0.15, 0.2) is 11.5 Å². The summed E-state index contributed by atoms with van der Waals surface area (Å²) < 4.78 is 34.7. The second-order valence-corrected chi connectivity index (χ2v) is 10.7. The second kappa shape index (κ2) is 12.6. The van der Waals surface area contributed by atoms with Gasteiger partial charge < -0.3 is 28.8 Å². The van der Waals surface area contributed by atoms with Crippen LogP contribution in [-0.2, 0) is 23.6 Å². The number of carbonyl (C=O) groups is 1. The maximum atomic E-state index is 14.9. The Morgan fingerprint density at radius 2 is 1.84 bits per heavy atom. The third kappa shape index (κ3) is 6.03. The highest BCUT2D eigenvalue weighted by molar-refractivity contribution is 5.92. The first kappa shape index (κ1) is 30.3. The zero-order chi connectivity index (χ0) is 30.7. The number of para-hydroxylation sites is 1. The van der Waals surface area contributed by atoms with Crippen LogP contribution >= 0.6 is 0 Å². The lowest BCUT2D eigenvalue weighted by atomic mass is 10.0. The quantitative estimate of drug-likeness (QED) is 0.275. The molecule has 228 valence electrons. The lowest BCUT2D eigenvalue weighted by molar-refractivity contribution is -0.0705. The molecule has 0 saturated carbocycles. The van der Waals surface area contributed by atoms with Crippen LogP contribution in [0.15, 0.2) is 54.6 Å². The van der Waals surface area contributed by atoms with Crippen molar-refractivity contribution in [1.82, 2.24) is 14.5 Å². The van der Waals surface area contributed by atoms with E-state index in [0.29, 0.717) is 36.8 Å². The van der Waals surface area contributed by atoms with Crippen molar-refractivity contribution in [3.63, 3.8) is 0 Å². The van der Waals surface area contributed by atoms with Crippen molar-refractivity contribution in [3.8, 4) is 11.5 Å². The van der Waals surface area contributed by atoms with Gasteiger partial charge in [-0.1, -0.05) is 26.0 Å². The molecule has 0 radical (unpaired) electrons. The normalized spacial score (nSPS) is 18.0. The molecule has 0 amide bonds. The van der Waals surface area contributed by atoms with Gasteiger partial charge in [0.05, 0.1) is 41.0 Å². The molecule has 43 heavy (non-hydrogen) atoms. The fourth-order valence-corrected chi connectivity index (χ4v) is 5.67. The lowest BCUT2D eigenvalue weighted by Gasteiger charge is -2.36. The Bertz CT molecular complexity index is 1610. The maximum Gasteiger partial charge on any atom is 0.335 e. The van der Waals surface area contributed by atoms with Crippen LogP contribution in [0.4, 0.5) is 10.1 Å². The molecular weight excluding hydrogens is 551 g/mol. The monoisotopic (exact) mass is 590 g/mol. The molecular formula is C33H39FN4O5. The number of nitrogens with zero attached hydrogens (tertiary/aromatic N) is 4. The number of carboxylic acids is 1. The average Bonchev–Trinajstić information content (AvgIpc) is 3.53. The molecule has 9 nitrogen and oxygen atoms in total. The Labute approximate surface area is 251 Å². The van der Waals surface area contributed by atoms with E-state index in [-0.39, 0.29) is 11.4 Å². The van der Waals surface area contributed by atoms with E-state index in [2.05, 4.69) is 14.4 Å². The highest BCUT2D eigenvalue weighted by Gasteiger charge is 2.42. The van der Waals surface area contributed by atoms with Crippen molar-refractivity contribution in [2.24, 2.45) is 0 Å². The van der Waals surface area contributed by atoms with Gasteiger partial charge in [0.25, 0.3) is 5.79 Å². The van der Waals surface area contributed by atoms with Crippen molar-refractivity contribution in [2.75, 3.05) is 44.8 Å². The molecule has 1 fully saturated rings. The number of carboxylic acid groups (broad SMARTS) is 1. The van der Waals surface area contributed by atoms with E-state index < -0.39 is 11.8 Å². The number of methoxy groups -OCH3 is 1. The van der Waals surface area contributed by atoms with E-state index in [1.165, 1.54) is 6.07 Å². The Kier molecular flexibility index (Phi) is 8.89. The third-order valence-corrected chi connectivity index (χ3v) is 7.84. The number of piperazine rings is 1. The van der Waals surface area contributed by atoms with Crippen molar-refractivity contribution < 1.29 is 28.5 Å². The largest absolute Gasteiger partial charge is 0.478 e. The predicted octanol–water partition coefficient (Wildman–Crippen LogP) is 5.82. The van der Waals surface area contributed by atoms with Crippen molar-refractivity contribution in [2.45, 2.75) is 46.6 Å². The molecule has 2 aliphatic rings. The zero-order valence-electron chi connectivity index (χ0n) is 25.4. The fraction of sp³-hybridized carbons (Fsp3) is 0.394. The van der Waals surface area contributed by atoms with Crippen molar-refractivity contribution in [1.29, 1.82) is 0 Å². The van der Waals surface area contributed by atoms with Crippen LogP contribution < -0.4 is 14.4 Å². The first-order valence-electron chi connectivity index (χ1n) is 14.7. The molecule has 2 aliphatic heterocycles. The summed E-state index contributed by atoms with van der Waals surface area (Å²) in [7, 11) is 1.65. The first-order chi connectivity index (χ1) is 20.8. The highest BCUT2D eigenvalue weighted by Crippen LogP contribution is 2.49. The smallest absolute Gasteiger partial charge is 0.335 e. The summed E-state index contributed by atoms with van der Waals surface area (Å²) in [5.41, 5.74) is 3.92. The van der Waals surface area contributed by atoms with Gasteiger partial charge in [0.2, 0.25) is 0 Å². The first-order valence-corrected chi connectivity index (χ1v) is 14.7. The number of halogens is 1. The van der Waals surface area contributed by atoms with Gasteiger partial charge in [-0.2, -0.15) is 0 Å². The number of benzene rings is 3. The molecule has 1 N–H and O–H groups in total. The number of ether oxygens (including phenoxy) is 3. The van der Waals surface area contributed by atoms with Gasteiger partial charge >= 0.3 is 5.97 Å².